The van der Waals surface area contributed by atoms with Gasteiger partial charge in [-0.15, -0.1) is 0 Å². The van der Waals surface area contributed by atoms with Crippen molar-refractivity contribution in [3.05, 3.63) is 52.5 Å². The minimum Gasteiger partial charge on any atom is -0.481 e. The van der Waals surface area contributed by atoms with Gasteiger partial charge in [0.2, 0.25) is 0 Å². The van der Waals surface area contributed by atoms with Crippen LogP contribution in [-0.4, -0.2) is 38.3 Å². The number of ether oxygens (including phenoxy) is 2. The van der Waals surface area contributed by atoms with Gasteiger partial charge in [0.25, 0.3) is 5.91 Å². The van der Waals surface area contributed by atoms with Gasteiger partial charge in [0.05, 0.1) is 24.6 Å². The molecule has 1 heterocycles. The van der Waals surface area contributed by atoms with Gasteiger partial charge in [-0.2, -0.15) is 0 Å². The Hall–Kier alpha value is -1.95. The van der Waals surface area contributed by atoms with Crippen molar-refractivity contribution in [3.63, 3.8) is 0 Å². The normalized spacial score (nSPS) is 15.4. The molecule has 0 radical (unpaired) electrons. The molecule has 26 heavy (non-hydrogen) atoms. The molecule has 0 aliphatic carbocycles. The third-order valence-electron chi connectivity index (χ3n) is 4.05. The van der Waals surface area contributed by atoms with E-state index in [0.29, 0.717) is 34.7 Å². The first-order valence-corrected chi connectivity index (χ1v) is 9.14. The minimum absolute atomic E-state index is 0.262. The van der Waals surface area contributed by atoms with Gasteiger partial charge >= 0.3 is 0 Å². The minimum atomic E-state index is -0.690. The van der Waals surface area contributed by atoms with E-state index in [-0.39, 0.29) is 5.91 Å². The first-order valence-electron chi connectivity index (χ1n) is 8.38. The molecule has 0 spiro atoms. The van der Waals surface area contributed by atoms with Crippen molar-refractivity contribution in [1.29, 1.82) is 0 Å². The average Bonchev–Trinajstić information content (AvgIpc) is 2.62. The molecule has 1 aliphatic heterocycles. The standard InChI is InChI=1S/C19H20Cl2N2O3/c1-13(26-16-4-2-3-14(20)11-16)19(24)22-17-12-15(21)5-6-18(17)23-7-9-25-10-8-23/h2-6,11-13H,7-10H2,1H3,(H,22,24)/t13-/m0/s1. The van der Waals surface area contributed by atoms with Crippen LogP contribution < -0.4 is 15.0 Å². The van der Waals surface area contributed by atoms with Gasteiger partial charge in [-0.1, -0.05) is 29.3 Å². The van der Waals surface area contributed by atoms with E-state index >= 15 is 0 Å². The molecule has 0 bridgehead atoms. The summed E-state index contributed by atoms with van der Waals surface area (Å²) in [4.78, 5) is 14.8. The second-order valence-corrected chi connectivity index (χ2v) is 6.84. The Kier molecular flexibility index (Phi) is 6.25. The smallest absolute Gasteiger partial charge is 0.265 e. The Bertz CT molecular complexity index is 779. The monoisotopic (exact) mass is 394 g/mol. The Balaban J connectivity index is 1.72. The lowest BCUT2D eigenvalue weighted by Crippen LogP contribution is -2.37. The first kappa shape index (κ1) is 18.8. The number of carbonyl (C=O) groups excluding carboxylic acids is 1. The highest BCUT2D eigenvalue weighted by atomic mass is 35.5. The fourth-order valence-corrected chi connectivity index (χ4v) is 3.07. The van der Waals surface area contributed by atoms with E-state index in [0.717, 1.165) is 18.8 Å². The maximum atomic E-state index is 12.6. The lowest BCUT2D eigenvalue weighted by molar-refractivity contribution is -0.122. The zero-order valence-electron chi connectivity index (χ0n) is 14.4. The zero-order valence-corrected chi connectivity index (χ0v) is 15.9. The van der Waals surface area contributed by atoms with E-state index in [1.807, 2.05) is 12.1 Å². The van der Waals surface area contributed by atoms with Crippen molar-refractivity contribution in [2.75, 3.05) is 36.5 Å². The molecular formula is C19H20Cl2N2O3. The second-order valence-electron chi connectivity index (χ2n) is 5.97. The van der Waals surface area contributed by atoms with Crippen LogP contribution in [-0.2, 0) is 9.53 Å². The summed E-state index contributed by atoms with van der Waals surface area (Å²) in [6, 6.07) is 12.4. The van der Waals surface area contributed by atoms with Crippen LogP contribution >= 0.6 is 23.2 Å². The summed E-state index contributed by atoms with van der Waals surface area (Å²) >= 11 is 12.1. The van der Waals surface area contributed by atoms with Gasteiger partial charge < -0.3 is 19.7 Å². The van der Waals surface area contributed by atoms with E-state index in [2.05, 4.69) is 10.2 Å². The fourth-order valence-electron chi connectivity index (χ4n) is 2.72. The van der Waals surface area contributed by atoms with Gasteiger partial charge in [-0.25, -0.2) is 0 Å². The van der Waals surface area contributed by atoms with Gasteiger partial charge in [-0.3, -0.25) is 4.79 Å². The molecule has 7 heteroatoms. The summed E-state index contributed by atoms with van der Waals surface area (Å²) in [7, 11) is 0. The first-order chi connectivity index (χ1) is 12.5. The number of nitrogens with zero attached hydrogens (tertiary/aromatic N) is 1. The molecule has 0 saturated carbocycles. The molecule has 1 atom stereocenters. The number of morpholine rings is 1. The molecule has 2 aromatic carbocycles. The molecule has 0 unspecified atom stereocenters. The predicted octanol–water partition coefficient (Wildman–Crippen LogP) is 4.24. The third-order valence-corrected chi connectivity index (χ3v) is 4.52. The van der Waals surface area contributed by atoms with E-state index in [4.69, 9.17) is 32.7 Å². The van der Waals surface area contributed by atoms with Crippen LogP contribution in [0.1, 0.15) is 6.92 Å². The van der Waals surface area contributed by atoms with E-state index in [1.54, 1.807) is 37.3 Å². The van der Waals surface area contributed by atoms with Crippen LogP contribution in [0.25, 0.3) is 0 Å². The molecule has 1 amide bonds. The predicted molar refractivity (Wildman–Crippen MR) is 105 cm³/mol. The average molecular weight is 395 g/mol. The second kappa shape index (κ2) is 8.62. The van der Waals surface area contributed by atoms with Crippen LogP contribution in [0, 0.1) is 0 Å². The maximum absolute atomic E-state index is 12.6. The highest BCUT2D eigenvalue weighted by Crippen LogP contribution is 2.30. The number of nitrogens with one attached hydrogen (secondary N) is 1. The summed E-state index contributed by atoms with van der Waals surface area (Å²) in [5.41, 5.74) is 1.58. The van der Waals surface area contributed by atoms with Gasteiger partial charge in [0, 0.05) is 23.1 Å². The number of amides is 1. The summed E-state index contributed by atoms with van der Waals surface area (Å²) in [5.74, 6) is 0.279. The zero-order chi connectivity index (χ0) is 18.5. The molecule has 138 valence electrons. The number of carbonyl (C=O) groups is 1. The lowest BCUT2D eigenvalue weighted by atomic mass is 10.2. The largest absolute Gasteiger partial charge is 0.481 e. The third kappa shape index (κ3) is 4.81. The highest BCUT2D eigenvalue weighted by Gasteiger charge is 2.20. The number of benzene rings is 2. The summed E-state index contributed by atoms with van der Waals surface area (Å²) in [6.45, 7) is 4.53. The molecule has 1 N–H and O–H groups in total. The van der Waals surface area contributed by atoms with Crippen molar-refractivity contribution >= 4 is 40.5 Å². The van der Waals surface area contributed by atoms with Crippen molar-refractivity contribution < 1.29 is 14.3 Å². The topological polar surface area (TPSA) is 50.8 Å². The molecule has 1 aliphatic rings. The lowest BCUT2D eigenvalue weighted by Gasteiger charge is -2.30. The molecular weight excluding hydrogens is 375 g/mol. The number of hydrogen-bond acceptors (Lipinski definition) is 4. The van der Waals surface area contributed by atoms with E-state index in [9.17, 15) is 4.79 Å². The molecule has 1 fully saturated rings. The van der Waals surface area contributed by atoms with Crippen molar-refractivity contribution in [2.24, 2.45) is 0 Å². The number of halogens is 2. The van der Waals surface area contributed by atoms with Gasteiger partial charge in [-0.05, 0) is 43.3 Å². The van der Waals surface area contributed by atoms with Crippen molar-refractivity contribution in [3.8, 4) is 5.75 Å². The molecule has 3 rings (SSSR count). The summed E-state index contributed by atoms with van der Waals surface area (Å²) in [5, 5.41) is 4.03. The Morgan fingerprint density at radius 2 is 1.88 bits per heavy atom. The molecule has 2 aromatic rings. The van der Waals surface area contributed by atoms with Crippen LogP contribution in [0.5, 0.6) is 5.75 Å². The molecule has 1 saturated heterocycles. The van der Waals surface area contributed by atoms with E-state index in [1.165, 1.54) is 0 Å². The summed E-state index contributed by atoms with van der Waals surface area (Å²) < 4.78 is 11.1. The summed E-state index contributed by atoms with van der Waals surface area (Å²) in [6.07, 6.45) is -0.690. The van der Waals surface area contributed by atoms with Crippen LogP contribution in [0.3, 0.4) is 0 Å². The SMILES string of the molecule is C[C@H](Oc1cccc(Cl)c1)C(=O)Nc1cc(Cl)ccc1N1CCOCC1. The molecule has 5 nitrogen and oxygen atoms in total. The van der Waals surface area contributed by atoms with Gasteiger partial charge in [0.15, 0.2) is 6.10 Å². The number of anilines is 2. The quantitative estimate of drug-likeness (QED) is 0.823. The van der Waals surface area contributed by atoms with Crippen molar-refractivity contribution in [1.82, 2.24) is 0 Å². The number of hydrogen-bond donors (Lipinski definition) is 1. The Labute approximate surface area is 162 Å². The maximum Gasteiger partial charge on any atom is 0.265 e. The van der Waals surface area contributed by atoms with Gasteiger partial charge in [0.1, 0.15) is 5.75 Å². The fraction of sp³-hybridized carbons (Fsp3) is 0.316. The van der Waals surface area contributed by atoms with Crippen LogP contribution in [0.4, 0.5) is 11.4 Å². The highest BCUT2D eigenvalue weighted by molar-refractivity contribution is 6.31. The Morgan fingerprint density at radius 3 is 2.62 bits per heavy atom. The van der Waals surface area contributed by atoms with E-state index < -0.39 is 6.10 Å². The number of rotatable bonds is 5. The Morgan fingerprint density at radius 1 is 1.15 bits per heavy atom. The van der Waals surface area contributed by atoms with Crippen LogP contribution in [0.2, 0.25) is 10.0 Å². The van der Waals surface area contributed by atoms with Crippen LogP contribution in [0.15, 0.2) is 42.5 Å². The van der Waals surface area contributed by atoms with Crippen molar-refractivity contribution in [2.45, 2.75) is 13.0 Å². The molecule has 0 aromatic heterocycles.